The van der Waals surface area contributed by atoms with Crippen molar-refractivity contribution >= 4 is 27.5 Å². The van der Waals surface area contributed by atoms with Crippen LogP contribution in [0.25, 0.3) is 0 Å². The van der Waals surface area contributed by atoms with Crippen molar-refractivity contribution in [1.29, 1.82) is 0 Å². The highest BCUT2D eigenvalue weighted by molar-refractivity contribution is 7.89. The quantitative estimate of drug-likeness (QED) is 0.526. The standard InChI is InChI=1S/C26H33ClN2O5S/c1-2-21-4-10-24(11-5-21)35(31,32)29-13-3-12-26(19-29,18-25(30)28-14-16-33-17-15-28)20-34-23-8-6-22(27)7-9-23/h4-11H,2-3,12-20H2,1H3/t26-/m1/s1. The normalized spacial score (nSPS) is 21.6. The molecule has 0 aliphatic carbocycles. The summed E-state index contributed by atoms with van der Waals surface area (Å²) in [7, 11) is -3.69. The monoisotopic (exact) mass is 520 g/mol. The lowest BCUT2D eigenvalue weighted by Crippen LogP contribution is -2.51. The van der Waals surface area contributed by atoms with Crippen LogP contribution in [0.4, 0.5) is 0 Å². The molecule has 0 saturated carbocycles. The van der Waals surface area contributed by atoms with Crippen molar-refractivity contribution in [2.45, 2.75) is 37.5 Å². The number of sulfonamides is 1. The maximum absolute atomic E-state index is 13.5. The zero-order valence-electron chi connectivity index (χ0n) is 20.1. The summed E-state index contributed by atoms with van der Waals surface area (Å²) in [6, 6.07) is 14.1. The Morgan fingerprint density at radius 1 is 1.06 bits per heavy atom. The summed E-state index contributed by atoms with van der Waals surface area (Å²) in [5, 5.41) is 0.610. The molecule has 9 heteroatoms. The fraction of sp³-hybridized carbons (Fsp3) is 0.500. The van der Waals surface area contributed by atoms with E-state index in [2.05, 4.69) is 0 Å². The Morgan fingerprint density at radius 3 is 2.40 bits per heavy atom. The van der Waals surface area contributed by atoms with Crippen LogP contribution in [0.5, 0.6) is 5.75 Å². The molecule has 0 bridgehead atoms. The molecule has 0 N–H and O–H groups in total. The summed E-state index contributed by atoms with van der Waals surface area (Å²) in [4.78, 5) is 15.3. The van der Waals surface area contributed by atoms with Gasteiger partial charge in [0.25, 0.3) is 0 Å². The van der Waals surface area contributed by atoms with Gasteiger partial charge in [-0.25, -0.2) is 8.42 Å². The van der Waals surface area contributed by atoms with Crippen LogP contribution < -0.4 is 4.74 Å². The number of rotatable bonds is 8. The molecule has 190 valence electrons. The highest BCUT2D eigenvalue weighted by Gasteiger charge is 2.43. The minimum absolute atomic E-state index is 0.0135. The van der Waals surface area contributed by atoms with Gasteiger partial charge >= 0.3 is 0 Å². The van der Waals surface area contributed by atoms with Crippen molar-refractivity contribution in [2.24, 2.45) is 5.41 Å². The van der Waals surface area contributed by atoms with Crippen molar-refractivity contribution in [3.8, 4) is 5.75 Å². The summed E-state index contributed by atoms with van der Waals surface area (Å²) in [5.74, 6) is 0.655. The van der Waals surface area contributed by atoms with Gasteiger partial charge in [-0.3, -0.25) is 4.79 Å². The number of halogens is 1. The van der Waals surface area contributed by atoms with Crippen LogP contribution in [0.2, 0.25) is 5.02 Å². The molecular formula is C26H33ClN2O5S. The van der Waals surface area contributed by atoms with Gasteiger partial charge in [0, 0.05) is 43.0 Å². The van der Waals surface area contributed by atoms with E-state index in [1.54, 1.807) is 36.4 Å². The van der Waals surface area contributed by atoms with E-state index in [4.69, 9.17) is 21.1 Å². The van der Waals surface area contributed by atoms with Gasteiger partial charge in [-0.2, -0.15) is 4.31 Å². The minimum Gasteiger partial charge on any atom is -0.493 e. The van der Waals surface area contributed by atoms with Crippen molar-refractivity contribution in [3.63, 3.8) is 0 Å². The zero-order valence-corrected chi connectivity index (χ0v) is 21.7. The number of amides is 1. The molecule has 7 nitrogen and oxygen atoms in total. The molecule has 2 aliphatic rings. The lowest BCUT2D eigenvalue weighted by atomic mass is 9.78. The summed E-state index contributed by atoms with van der Waals surface area (Å²) in [6.45, 7) is 5.08. The van der Waals surface area contributed by atoms with Gasteiger partial charge in [0.1, 0.15) is 5.75 Å². The van der Waals surface area contributed by atoms with E-state index in [1.165, 1.54) is 4.31 Å². The smallest absolute Gasteiger partial charge is 0.243 e. The predicted molar refractivity (Wildman–Crippen MR) is 135 cm³/mol. The Kier molecular flexibility index (Phi) is 8.37. The second kappa shape index (κ2) is 11.3. The first-order chi connectivity index (χ1) is 16.8. The van der Waals surface area contributed by atoms with Gasteiger partial charge < -0.3 is 14.4 Å². The van der Waals surface area contributed by atoms with E-state index < -0.39 is 15.4 Å². The van der Waals surface area contributed by atoms with Crippen molar-refractivity contribution in [2.75, 3.05) is 46.0 Å². The second-order valence-electron chi connectivity index (χ2n) is 9.35. The molecule has 35 heavy (non-hydrogen) atoms. The van der Waals surface area contributed by atoms with E-state index >= 15 is 0 Å². The second-order valence-corrected chi connectivity index (χ2v) is 11.7. The van der Waals surface area contributed by atoms with Gasteiger partial charge in [-0.05, 0) is 61.2 Å². The lowest BCUT2D eigenvalue weighted by molar-refractivity contribution is -0.139. The number of morpholine rings is 1. The van der Waals surface area contributed by atoms with Gasteiger partial charge in [0.15, 0.2) is 0 Å². The highest BCUT2D eigenvalue weighted by Crippen LogP contribution is 2.37. The summed E-state index contributed by atoms with van der Waals surface area (Å²) in [5.41, 5.74) is 0.452. The van der Waals surface area contributed by atoms with E-state index in [-0.39, 0.29) is 30.4 Å². The number of benzene rings is 2. The maximum atomic E-state index is 13.5. The average molecular weight is 521 g/mol. The van der Waals surface area contributed by atoms with Crippen LogP contribution in [-0.2, 0) is 26.0 Å². The van der Waals surface area contributed by atoms with E-state index in [1.807, 2.05) is 24.0 Å². The van der Waals surface area contributed by atoms with Gasteiger partial charge in [-0.15, -0.1) is 0 Å². The van der Waals surface area contributed by atoms with Crippen molar-refractivity contribution < 1.29 is 22.7 Å². The molecule has 0 radical (unpaired) electrons. The third kappa shape index (κ3) is 6.36. The number of piperidine rings is 1. The number of carbonyl (C=O) groups is 1. The number of hydrogen-bond donors (Lipinski definition) is 0. The first kappa shape index (κ1) is 25.9. The third-order valence-corrected chi connectivity index (χ3v) is 8.96. The summed E-state index contributed by atoms with van der Waals surface area (Å²) >= 11 is 6.00. The minimum atomic E-state index is -3.69. The van der Waals surface area contributed by atoms with Crippen molar-refractivity contribution in [3.05, 3.63) is 59.1 Å². The molecule has 0 unspecified atom stereocenters. The number of carbonyl (C=O) groups excluding carboxylic acids is 1. The SMILES string of the molecule is CCc1ccc(S(=O)(=O)N2CCC[C@@](COc3ccc(Cl)cc3)(CC(=O)N3CCOCC3)C2)cc1. The number of hydrogen-bond acceptors (Lipinski definition) is 5. The molecule has 2 aromatic rings. The van der Waals surface area contributed by atoms with Crippen LogP contribution in [0.1, 0.15) is 31.7 Å². The van der Waals surface area contributed by atoms with Crippen LogP contribution in [0.3, 0.4) is 0 Å². The predicted octanol–water partition coefficient (Wildman–Crippen LogP) is 4.00. The molecule has 2 aliphatic heterocycles. The summed E-state index contributed by atoms with van der Waals surface area (Å²) < 4.78 is 40.1. The zero-order chi connectivity index (χ0) is 24.9. The molecule has 0 aromatic heterocycles. The largest absolute Gasteiger partial charge is 0.493 e. The third-order valence-electron chi connectivity index (χ3n) is 6.84. The van der Waals surface area contributed by atoms with Gasteiger partial charge in [0.2, 0.25) is 15.9 Å². The van der Waals surface area contributed by atoms with Crippen LogP contribution in [-0.4, -0.2) is 69.5 Å². The molecule has 2 heterocycles. The Bertz CT molecular complexity index is 1100. The molecule has 4 rings (SSSR count). The number of aryl methyl sites for hydroxylation is 1. The van der Waals surface area contributed by atoms with Crippen molar-refractivity contribution in [1.82, 2.24) is 9.21 Å². The van der Waals surface area contributed by atoms with Crippen LogP contribution >= 0.6 is 11.6 Å². The van der Waals surface area contributed by atoms with E-state index in [0.29, 0.717) is 56.5 Å². The van der Waals surface area contributed by atoms with Crippen LogP contribution in [0, 0.1) is 5.41 Å². The molecule has 1 atom stereocenters. The molecule has 2 aromatic carbocycles. The number of ether oxygens (including phenoxy) is 2. The molecule has 2 fully saturated rings. The lowest BCUT2D eigenvalue weighted by Gasteiger charge is -2.42. The Labute approximate surface area is 213 Å². The molecule has 1 amide bonds. The Balaban J connectivity index is 1.56. The first-order valence-corrected chi connectivity index (χ1v) is 14.0. The molecule has 2 saturated heterocycles. The fourth-order valence-electron chi connectivity index (χ4n) is 4.74. The van der Waals surface area contributed by atoms with Crippen LogP contribution in [0.15, 0.2) is 53.4 Å². The fourth-order valence-corrected chi connectivity index (χ4v) is 6.46. The van der Waals surface area contributed by atoms with E-state index in [9.17, 15) is 13.2 Å². The number of nitrogens with zero attached hydrogens (tertiary/aromatic N) is 2. The van der Waals surface area contributed by atoms with E-state index in [0.717, 1.165) is 12.0 Å². The average Bonchev–Trinajstić information content (AvgIpc) is 2.89. The first-order valence-electron chi connectivity index (χ1n) is 12.1. The van der Waals surface area contributed by atoms with Gasteiger partial charge in [-0.1, -0.05) is 30.7 Å². The molecule has 0 spiro atoms. The highest BCUT2D eigenvalue weighted by atomic mass is 35.5. The Hall–Kier alpha value is -2.13. The van der Waals surface area contributed by atoms with Gasteiger partial charge in [0.05, 0.1) is 24.7 Å². The summed E-state index contributed by atoms with van der Waals surface area (Å²) in [6.07, 6.45) is 2.43. The molecular weight excluding hydrogens is 488 g/mol. The maximum Gasteiger partial charge on any atom is 0.243 e. The Morgan fingerprint density at radius 2 is 1.74 bits per heavy atom. The topological polar surface area (TPSA) is 76.2 Å².